The third kappa shape index (κ3) is 6.13. The van der Waals surface area contributed by atoms with Gasteiger partial charge in [-0.05, 0) is 57.6 Å². The van der Waals surface area contributed by atoms with Crippen LogP contribution in [0.3, 0.4) is 0 Å². The Bertz CT molecular complexity index is 959. The van der Waals surface area contributed by atoms with Gasteiger partial charge in [0.15, 0.2) is 0 Å². The van der Waals surface area contributed by atoms with Gasteiger partial charge in [-0.1, -0.05) is 42.0 Å². The van der Waals surface area contributed by atoms with E-state index in [2.05, 4.69) is 39.6 Å². The molecule has 0 amide bonds. The Labute approximate surface area is 189 Å². The van der Waals surface area contributed by atoms with E-state index in [0.29, 0.717) is 12.2 Å². The van der Waals surface area contributed by atoms with Crippen molar-refractivity contribution in [2.75, 3.05) is 18.3 Å². The summed E-state index contributed by atoms with van der Waals surface area (Å²) < 4.78 is 69.4. The Balaban J connectivity index is 2.42. The number of anilines is 1. The first-order chi connectivity index (χ1) is 14.0. The molecule has 5 nitrogen and oxygen atoms in total. The Hall–Kier alpha value is -1.27. The molecule has 0 fully saturated rings. The molecule has 0 bridgehead atoms. The molecule has 1 heterocycles. The lowest BCUT2D eigenvalue weighted by atomic mass is 10.2. The van der Waals surface area contributed by atoms with Crippen molar-refractivity contribution in [3.63, 3.8) is 0 Å². The first kappa shape index (κ1) is 25.0. The summed E-state index contributed by atoms with van der Waals surface area (Å²) in [4.78, 5) is 0.0946. The molecule has 0 aliphatic carbocycles. The molecule has 10 heteroatoms. The van der Waals surface area contributed by atoms with Gasteiger partial charge in [0.1, 0.15) is 4.90 Å². The molecular weight excluding hydrogens is 530 g/mol. The summed E-state index contributed by atoms with van der Waals surface area (Å²) in [5.41, 5.74) is 0.474. The minimum atomic E-state index is -4.55. The molecule has 0 saturated carbocycles. The van der Waals surface area contributed by atoms with E-state index in [9.17, 15) is 21.6 Å². The van der Waals surface area contributed by atoms with Gasteiger partial charge in [-0.15, -0.1) is 0 Å². The number of hydrogen-bond donors (Lipinski definition) is 2. The van der Waals surface area contributed by atoms with Gasteiger partial charge in [0, 0.05) is 23.6 Å². The second-order valence-corrected chi connectivity index (χ2v) is 10.2. The van der Waals surface area contributed by atoms with Gasteiger partial charge in [0.05, 0.1) is 9.49 Å². The normalized spacial score (nSPS) is 13.4. The van der Waals surface area contributed by atoms with Crippen LogP contribution >= 0.6 is 22.6 Å². The number of nitrogens with zero attached hydrogens (tertiary/aromatic N) is 1. The number of rotatable bonds is 10. The van der Waals surface area contributed by atoms with Crippen molar-refractivity contribution >= 4 is 38.3 Å². The van der Waals surface area contributed by atoms with E-state index in [0.717, 1.165) is 43.6 Å². The number of hydrogen-bond acceptors (Lipinski definition) is 3. The summed E-state index contributed by atoms with van der Waals surface area (Å²) in [6.45, 7) is 5.25. The van der Waals surface area contributed by atoms with Crippen molar-refractivity contribution in [1.29, 1.82) is 0 Å². The number of aromatic nitrogens is 1. The Morgan fingerprint density at radius 2 is 1.93 bits per heavy atom. The predicted molar refractivity (Wildman–Crippen MR) is 122 cm³/mol. The fraction of sp³-hybridized carbons (Fsp3) is 0.500. The molecule has 30 heavy (non-hydrogen) atoms. The van der Waals surface area contributed by atoms with Crippen LogP contribution in [0.2, 0.25) is 0 Å². The molecule has 1 atom stereocenters. The van der Waals surface area contributed by atoms with Crippen molar-refractivity contribution in [2.45, 2.75) is 54.7 Å². The lowest BCUT2D eigenvalue weighted by Gasteiger charge is -2.15. The topological polar surface area (TPSA) is 63.1 Å². The summed E-state index contributed by atoms with van der Waals surface area (Å²) in [5, 5.41) is 3.08. The zero-order valence-electron chi connectivity index (χ0n) is 17.2. The highest BCUT2D eigenvalue weighted by atomic mass is 127. The average molecular weight is 557 g/mol. The van der Waals surface area contributed by atoms with E-state index >= 15 is 0 Å². The summed E-state index contributed by atoms with van der Waals surface area (Å²) in [6, 6.07) is 5.85. The van der Waals surface area contributed by atoms with Crippen LogP contribution in [-0.2, 0) is 22.7 Å². The second kappa shape index (κ2) is 10.4. The van der Waals surface area contributed by atoms with E-state index in [1.807, 2.05) is 11.6 Å². The summed E-state index contributed by atoms with van der Waals surface area (Å²) in [7, 11) is -2.19. The van der Waals surface area contributed by atoms with E-state index in [4.69, 9.17) is 0 Å². The van der Waals surface area contributed by atoms with Crippen LogP contribution in [0.1, 0.15) is 47.1 Å². The summed E-state index contributed by atoms with van der Waals surface area (Å²) >= 11 is 2.31. The standard InChI is InChI=1S/C20H27F3IN3O2S/c1-4-7-17(24)18-13-19(14(2)27(18)11-6-10-25-3)30(28,29)26-16-9-5-8-15(12-16)20(21,22)23/h5,8-9,12-13,17,25-26H,4,6-7,10-11H2,1-3H3. The van der Waals surface area contributed by atoms with Gasteiger partial charge in [-0.2, -0.15) is 13.2 Å². The molecule has 0 aliphatic heterocycles. The Kier molecular flexibility index (Phi) is 8.63. The molecule has 2 N–H and O–H groups in total. The highest BCUT2D eigenvalue weighted by Crippen LogP contribution is 2.35. The molecular formula is C20H27F3IN3O2S. The third-order valence-corrected chi connectivity index (χ3v) is 7.51. The first-order valence-electron chi connectivity index (χ1n) is 9.70. The van der Waals surface area contributed by atoms with Crippen LogP contribution < -0.4 is 10.0 Å². The second-order valence-electron chi connectivity index (χ2n) is 7.07. The number of nitrogens with one attached hydrogen (secondary N) is 2. The molecule has 2 rings (SSSR count). The van der Waals surface area contributed by atoms with Crippen LogP contribution in [0.5, 0.6) is 0 Å². The molecule has 1 unspecified atom stereocenters. The van der Waals surface area contributed by atoms with Crippen LogP contribution in [0, 0.1) is 6.92 Å². The zero-order valence-corrected chi connectivity index (χ0v) is 20.2. The quantitative estimate of drug-likeness (QED) is 0.231. The number of alkyl halides is 4. The van der Waals surface area contributed by atoms with Crippen molar-refractivity contribution in [3.8, 4) is 0 Å². The molecule has 0 radical (unpaired) electrons. The predicted octanol–water partition coefficient (Wildman–Crippen LogP) is 5.50. The maximum absolute atomic E-state index is 13.0. The summed E-state index contributed by atoms with van der Waals surface area (Å²) in [5.74, 6) is 0. The third-order valence-electron chi connectivity index (χ3n) is 4.76. The van der Waals surface area contributed by atoms with Gasteiger partial charge in [-0.25, -0.2) is 8.42 Å². The zero-order chi connectivity index (χ0) is 22.5. The van der Waals surface area contributed by atoms with Gasteiger partial charge in [-0.3, -0.25) is 4.72 Å². The van der Waals surface area contributed by atoms with Crippen molar-refractivity contribution in [3.05, 3.63) is 47.3 Å². The summed E-state index contributed by atoms with van der Waals surface area (Å²) in [6.07, 6.45) is -1.86. The van der Waals surface area contributed by atoms with Crippen LogP contribution in [0.15, 0.2) is 35.2 Å². The maximum Gasteiger partial charge on any atom is 0.416 e. The highest BCUT2D eigenvalue weighted by Gasteiger charge is 2.31. The molecule has 2 aromatic rings. The molecule has 1 aromatic heterocycles. The van der Waals surface area contributed by atoms with Gasteiger partial charge >= 0.3 is 6.18 Å². The van der Waals surface area contributed by atoms with Crippen molar-refractivity contribution < 1.29 is 21.6 Å². The number of sulfonamides is 1. The largest absolute Gasteiger partial charge is 0.416 e. The lowest BCUT2D eigenvalue weighted by Crippen LogP contribution is -2.16. The Morgan fingerprint density at radius 1 is 1.23 bits per heavy atom. The van der Waals surface area contributed by atoms with E-state index in [-0.39, 0.29) is 14.5 Å². The Morgan fingerprint density at radius 3 is 2.53 bits per heavy atom. The fourth-order valence-electron chi connectivity index (χ4n) is 3.26. The van der Waals surface area contributed by atoms with Crippen LogP contribution in [-0.4, -0.2) is 26.6 Å². The lowest BCUT2D eigenvalue weighted by molar-refractivity contribution is -0.137. The van der Waals surface area contributed by atoms with Gasteiger partial charge in [0.25, 0.3) is 10.0 Å². The van der Waals surface area contributed by atoms with E-state index in [1.165, 1.54) is 12.1 Å². The average Bonchev–Trinajstić information content (AvgIpc) is 2.99. The fourth-order valence-corrected chi connectivity index (χ4v) is 5.72. The smallest absolute Gasteiger partial charge is 0.346 e. The van der Waals surface area contributed by atoms with Gasteiger partial charge < -0.3 is 9.88 Å². The molecule has 0 spiro atoms. The molecule has 0 aliphatic rings. The van der Waals surface area contributed by atoms with Crippen LogP contribution in [0.25, 0.3) is 0 Å². The van der Waals surface area contributed by atoms with Crippen molar-refractivity contribution in [1.82, 2.24) is 9.88 Å². The maximum atomic E-state index is 13.0. The minimum absolute atomic E-state index is 0.0946. The van der Waals surface area contributed by atoms with E-state index < -0.39 is 21.8 Å². The number of halogens is 4. The first-order valence-corrected chi connectivity index (χ1v) is 12.4. The van der Waals surface area contributed by atoms with Crippen LogP contribution in [0.4, 0.5) is 18.9 Å². The molecule has 1 aromatic carbocycles. The molecule has 168 valence electrons. The van der Waals surface area contributed by atoms with Gasteiger partial charge in [0.2, 0.25) is 0 Å². The minimum Gasteiger partial charge on any atom is -0.346 e. The highest BCUT2D eigenvalue weighted by molar-refractivity contribution is 14.1. The number of benzene rings is 1. The SMILES string of the molecule is CCCC(I)c1cc(S(=O)(=O)Nc2cccc(C(F)(F)F)c2)c(C)n1CCCNC. The van der Waals surface area contributed by atoms with E-state index in [1.54, 1.807) is 13.0 Å². The monoisotopic (exact) mass is 557 g/mol. The molecule has 0 saturated heterocycles. The van der Waals surface area contributed by atoms with Crippen molar-refractivity contribution in [2.24, 2.45) is 0 Å².